The molecule has 0 aromatic carbocycles. The van der Waals surface area contributed by atoms with Crippen molar-refractivity contribution in [2.45, 2.75) is 19.9 Å². The van der Waals surface area contributed by atoms with Crippen molar-refractivity contribution in [3.63, 3.8) is 0 Å². The summed E-state index contributed by atoms with van der Waals surface area (Å²) in [5.41, 5.74) is 0. The number of rotatable bonds is 5. The van der Waals surface area contributed by atoms with Gasteiger partial charge in [-0.3, -0.25) is 4.79 Å². The van der Waals surface area contributed by atoms with Crippen LogP contribution in [0, 0.1) is 0 Å². The van der Waals surface area contributed by atoms with Gasteiger partial charge in [-0.1, -0.05) is 6.07 Å². The van der Waals surface area contributed by atoms with Crippen LogP contribution >= 0.6 is 11.3 Å². The van der Waals surface area contributed by atoms with E-state index < -0.39 is 0 Å². The van der Waals surface area contributed by atoms with E-state index in [9.17, 15) is 4.79 Å². The number of amides is 1. The van der Waals surface area contributed by atoms with Crippen molar-refractivity contribution in [2.24, 2.45) is 0 Å². The monoisotopic (exact) mass is 212 g/mol. The molecule has 0 saturated carbocycles. The Morgan fingerprint density at radius 1 is 1.64 bits per heavy atom. The van der Waals surface area contributed by atoms with Gasteiger partial charge in [0.15, 0.2) is 0 Å². The average molecular weight is 212 g/mol. The van der Waals surface area contributed by atoms with Crippen molar-refractivity contribution in [3.8, 4) is 0 Å². The highest BCUT2D eigenvalue weighted by Crippen LogP contribution is 2.17. The van der Waals surface area contributed by atoms with E-state index in [1.165, 1.54) is 4.88 Å². The van der Waals surface area contributed by atoms with Crippen LogP contribution in [0.2, 0.25) is 0 Å². The summed E-state index contributed by atoms with van der Waals surface area (Å²) in [6, 6.07) is 4.34. The first-order chi connectivity index (χ1) is 6.74. The fourth-order valence-electron chi connectivity index (χ4n) is 1.14. The summed E-state index contributed by atoms with van der Waals surface area (Å²) in [4.78, 5) is 12.4. The minimum atomic E-state index is 0.0518. The Morgan fingerprint density at radius 3 is 3.00 bits per heavy atom. The maximum Gasteiger partial charge on any atom is 0.233 e. The molecule has 0 unspecified atom stereocenters. The van der Waals surface area contributed by atoms with Gasteiger partial charge in [0.2, 0.25) is 5.91 Å². The molecule has 0 aliphatic heterocycles. The van der Waals surface area contributed by atoms with Crippen LogP contribution in [0.3, 0.4) is 0 Å². The number of hydrogen-bond donors (Lipinski definition) is 2. The van der Waals surface area contributed by atoms with Crippen LogP contribution in [0.4, 0.5) is 0 Å². The zero-order valence-corrected chi connectivity index (χ0v) is 9.36. The Labute approximate surface area is 88.5 Å². The van der Waals surface area contributed by atoms with Crippen molar-refractivity contribution >= 4 is 17.2 Å². The summed E-state index contributed by atoms with van der Waals surface area (Å²) in [5, 5.41) is 7.96. The molecule has 14 heavy (non-hydrogen) atoms. The lowest BCUT2D eigenvalue weighted by molar-refractivity contribution is -0.120. The topological polar surface area (TPSA) is 41.1 Å². The predicted molar refractivity (Wildman–Crippen MR) is 59.4 cm³/mol. The smallest absolute Gasteiger partial charge is 0.233 e. The summed E-state index contributed by atoms with van der Waals surface area (Å²) < 4.78 is 0. The lowest BCUT2D eigenvalue weighted by Gasteiger charge is -2.11. The molecule has 1 atom stereocenters. The van der Waals surface area contributed by atoms with E-state index in [1.807, 2.05) is 18.4 Å². The van der Waals surface area contributed by atoms with Crippen molar-refractivity contribution in [2.75, 3.05) is 13.1 Å². The van der Waals surface area contributed by atoms with Crippen LogP contribution < -0.4 is 10.6 Å². The summed E-state index contributed by atoms with van der Waals surface area (Å²) in [6.07, 6.45) is 0. The predicted octanol–water partition coefficient (Wildman–Crippen LogP) is 1.53. The third kappa shape index (κ3) is 3.47. The molecule has 0 spiro atoms. The molecule has 0 aliphatic carbocycles. The second-order valence-corrected chi connectivity index (χ2v) is 4.05. The van der Waals surface area contributed by atoms with Gasteiger partial charge in [-0.2, -0.15) is 0 Å². The fourth-order valence-corrected chi connectivity index (χ4v) is 1.90. The molecule has 0 aliphatic rings. The summed E-state index contributed by atoms with van der Waals surface area (Å²) >= 11 is 1.70. The summed E-state index contributed by atoms with van der Waals surface area (Å²) in [5.74, 6) is 0.0518. The Hall–Kier alpha value is -0.870. The van der Waals surface area contributed by atoms with E-state index >= 15 is 0 Å². The Morgan fingerprint density at radius 2 is 2.43 bits per heavy atom. The number of likely N-dealkylation sites (N-methyl/N-ethyl adjacent to an activating group) is 1. The Balaban J connectivity index is 2.28. The van der Waals surface area contributed by atoms with Crippen molar-refractivity contribution < 1.29 is 4.79 Å². The molecular formula is C10H16N2OS. The fraction of sp³-hybridized carbons (Fsp3) is 0.500. The molecule has 0 fully saturated rings. The van der Waals surface area contributed by atoms with E-state index in [-0.39, 0.29) is 11.9 Å². The molecule has 0 saturated heterocycles. The maximum absolute atomic E-state index is 11.1. The molecule has 1 amide bonds. The first kappa shape index (κ1) is 11.2. The van der Waals surface area contributed by atoms with E-state index in [1.54, 1.807) is 11.3 Å². The van der Waals surface area contributed by atoms with Gasteiger partial charge in [0.25, 0.3) is 0 Å². The molecule has 0 radical (unpaired) electrons. The number of nitrogens with one attached hydrogen (secondary N) is 2. The second-order valence-electron chi connectivity index (χ2n) is 3.07. The Bertz CT molecular complexity index is 272. The summed E-state index contributed by atoms with van der Waals surface area (Å²) in [7, 11) is 0. The van der Waals surface area contributed by atoms with E-state index in [0.717, 1.165) is 0 Å². The summed E-state index contributed by atoms with van der Waals surface area (Å²) in [6.45, 7) is 5.05. The highest BCUT2D eigenvalue weighted by atomic mass is 32.1. The van der Waals surface area contributed by atoms with Gasteiger partial charge in [0, 0.05) is 17.5 Å². The van der Waals surface area contributed by atoms with Gasteiger partial charge >= 0.3 is 0 Å². The first-order valence-corrected chi connectivity index (χ1v) is 5.65. The largest absolute Gasteiger partial charge is 0.355 e. The standard InChI is InChI=1S/C10H16N2OS/c1-3-11-10(13)7-12-8(2)9-5-4-6-14-9/h4-6,8,12H,3,7H2,1-2H3,(H,11,13)/t8-/m0/s1. The first-order valence-electron chi connectivity index (χ1n) is 4.77. The third-order valence-electron chi connectivity index (χ3n) is 1.91. The molecule has 3 nitrogen and oxygen atoms in total. The van der Waals surface area contributed by atoms with Gasteiger partial charge in [-0.25, -0.2) is 0 Å². The lowest BCUT2D eigenvalue weighted by atomic mass is 10.3. The van der Waals surface area contributed by atoms with Gasteiger partial charge in [0.1, 0.15) is 0 Å². The zero-order chi connectivity index (χ0) is 10.4. The van der Waals surface area contributed by atoms with E-state index in [2.05, 4.69) is 23.6 Å². The van der Waals surface area contributed by atoms with E-state index in [0.29, 0.717) is 13.1 Å². The van der Waals surface area contributed by atoms with Gasteiger partial charge in [0.05, 0.1) is 6.54 Å². The highest BCUT2D eigenvalue weighted by Gasteiger charge is 2.07. The minimum absolute atomic E-state index is 0.0518. The third-order valence-corrected chi connectivity index (χ3v) is 2.97. The molecule has 2 N–H and O–H groups in total. The van der Waals surface area contributed by atoms with Crippen LogP contribution in [0.5, 0.6) is 0 Å². The lowest BCUT2D eigenvalue weighted by Crippen LogP contribution is -2.34. The van der Waals surface area contributed by atoms with Crippen LogP contribution in [0.25, 0.3) is 0 Å². The normalized spacial score (nSPS) is 12.4. The second kappa shape index (κ2) is 5.78. The minimum Gasteiger partial charge on any atom is -0.355 e. The zero-order valence-electron chi connectivity index (χ0n) is 8.54. The van der Waals surface area contributed by atoms with Crippen LogP contribution in [0.1, 0.15) is 24.8 Å². The van der Waals surface area contributed by atoms with Crippen LogP contribution in [-0.4, -0.2) is 19.0 Å². The van der Waals surface area contributed by atoms with Gasteiger partial charge < -0.3 is 10.6 Å². The molecule has 0 bridgehead atoms. The van der Waals surface area contributed by atoms with E-state index in [4.69, 9.17) is 0 Å². The maximum atomic E-state index is 11.1. The van der Waals surface area contributed by atoms with Crippen molar-refractivity contribution in [1.29, 1.82) is 0 Å². The van der Waals surface area contributed by atoms with Crippen molar-refractivity contribution in [3.05, 3.63) is 22.4 Å². The molecule has 1 rings (SSSR count). The molecule has 1 heterocycles. The van der Waals surface area contributed by atoms with Gasteiger partial charge in [-0.05, 0) is 25.3 Å². The van der Waals surface area contributed by atoms with Crippen molar-refractivity contribution in [1.82, 2.24) is 10.6 Å². The average Bonchev–Trinajstić information content (AvgIpc) is 2.67. The van der Waals surface area contributed by atoms with Gasteiger partial charge in [-0.15, -0.1) is 11.3 Å². The molecule has 4 heteroatoms. The molecular weight excluding hydrogens is 196 g/mol. The molecule has 1 aromatic heterocycles. The number of carbonyl (C=O) groups excluding carboxylic acids is 1. The molecule has 1 aromatic rings. The number of hydrogen-bond acceptors (Lipinski definition) is 3. The quantitative estimate of drug-likeness (QED) is 0.777. The SMILES string of the molecule is CCNC(=O)CN[C@@H](C)c1cccs1. The van der Waals surface area contributed by atoms with Crippen LogP contribution in [0.15, 0.2) is 17.5 Å². The Kier molecular flexibility index (Phi) is 4.62. The molecule has 78 valence electrons. The number of carbonyl (C=O) groups is 1. The van der Waals surface area contributed by atoms with Crippen LogP contribution in [-0.2, 0) is 4.79 Å². The number of thiophene rings is 1. The highest BCUT2D eigenvalue weighted by molar-refractivity contribution is 7.10.